The summed E-state index contributed by atoms with van der Waals surface area (Å²) in [5, 5.41) is 2.64. The highest BCUT2D eigenvalue weighted by Crippen LogP contribution is 2.26. The zero-order chi connectivity index (χ0) is 17.7. The van der Waals surface area contributed by atoms with Crippen molar-refractivity contribution in [2.75, 3.05) is 18.4 Å². The number of nitrogens with zero attached hydrogens (tertiary/aromatic N) is 1. The van der Waals surface area contributed by atoms with E-state index in [9.17, 15) is 13.2 Å². The van der Waals surface area contributed by atoms with Crippen LogP contribution in [0.5, 0.6) is 0 Å². The van der Waals surface area contributed by atoms with Crippen LogP contribution in [0.1, 0.15) is 25.0 Å². The molecule has 1 saturated heterocycles. The highest BCUT2D eigenvalue weighted by atomic mass is 32.2. The molecule has 1 fully saturated rings. The van der Waals surface area contributed by atoms with Gasteiger partial charge in [0.25, 0.3) is 0 Å². The van der Waals surface area contributed by atoms with Crippen LogP contribution in [-0.2, 0) is 14.8 Å². The van der Waals surface area contributed by atoms with Crippen LogP contribution in [0.25, 0.3) is 6.08 Å². The molecule has 0 spiro atoms. The number of carbonyl (C=O) groups is 1. The van der Waals surface area contributed by atoms with E-state index >= 15 is 0 Å². The first kappa shape index (κ1) is 17.4. The van der Waals surface area contributed by atoms with E-state index in [0.717, 1.165) is 19.3 Å². The van der Waals surface area contributed by atoms with Gasteiger partial charge in [0.2, 0.25) is 15.9 Å². The van der Waals surface area contributed by atoms with Gasteiger partial charge in [-0.1, -0.05) is 18.6 Å². The highest BCUT2D eigenvalue weighted by molar-refractivity contribution is 7.89. The zero-order valence-electron chi connectivity index (χ0n) is 13.7. The second kappa shape index (κ2) is 7.67. The van der Waals surface area contributed by atoms with Crippen molar-refractivity contribution in [3.05, 3.63) is 54.5 Å². The van der Waals surface area contributed by atoms with E-state index in [1.54, 1.807) is 30.3 Å². The maximum absolute atomic E-state index is 12.9. The fourth-order valence-electron chi connectivity index (χ4n) is 2.76. The number of anilines is 1. The molecule has 132 valence electrons. The van der Waals surface area contributed by atoms with Crippen LogP contribution in [0, 0.1) is 0 Å². The molecule has 1 amide bonds. The number of hydrogen-bond donors (Lipinski definition) is 1. The Hall–Kier alpha value is -2.38. The first-order chi connectivity index (χ1) is 12.1. The molecule has 0 atom stereocenters. The van der Waals surface area contributed by atoms with Crippen molar-refractivity contribution in [1.82, 2.24) is 4.31 Å². The Morgan fingerprint density at radius 3 is 2.56 bits per heavy atom. The lowest BCUT2D eigenvalue weighted by Crippen LogP contribution is -2.36. The number of hydrogen-bond acceptors (Lipinski definition) is 4. The molecule has 1 aliphatic rings. The minimum absolute atomic E-state index is 0.122. The molecule has 25 heavy (non-hydrogen) atoms. The number of rotatable bonds is 5. The van der Waals surface area contributed by atoms with E-state index in [2.05, 4.69) is 5.32 Å². The summed E-state index contributed by atoms with van der Waals surface area (Å²) in [7, 11) is -3.62. The van der Waals surface area contributed by atoms with Gasteiger partial charge in [0.15, 0.2) is 0 Å². The van der Waals surface area contributed by atoms with E-state index in [-0.39, 0.29) is 10.6 Å². The quantitative estimate of drug-likeness (QED) is 0.831. The summed E-state index contributed by atoms with van der Waals surface area (Å²) in [5.74, 6) is 0.127. The van der Waals surface area contributed by atoms with Crippen molar-refractivity contribution >= 4 is 27.7 Å². The number of amides is 1. The van der Waals surface area contributed by atoms with Gasteiger partial charge in [-0.25, -0.2) is 8.42 Å². The monoisotopic (exact) mass is 360 g/mol. The number of sulfonamides is 1. The van der Waals surface area contributed by atoms with E-state index < -0.39 is 15.9 Å². The summed E-state index contributed by atoms with van der Waals surface area (Å²) in [4.78, 5) is 12.2. The van der Waals surface area contributed by atoms with Crippen molar-refractivity contribution in [3.8, 4) is 0 Å². The summed E-state index contributed by atoms with van der Waals surface area (Å²) in [6.45, 7) is 1.03. The van der Waals surface area contributed by atoms with Gasteiger partial charge < -0.3 is 9.73 Å². The van der Waals surface area contributed by atoms with Crippen molar-refractivity contribution in [2.24, 2.45) is 0 Å². The minimum Gasteiger partial charge on any atom is -0.465 e. The summed E-state index contributed by atoms with van der Waals surface area (Å²) < 4.78 is 32.4. The van der Waals surface area contributed by atoms with Crippen molar-refractivity contribution in [3.63, 3.8) is 0 Å². The van der Waals surface area contributed by atoms with Gasteiger partial charge >= 0.3 is 0 Å². The second-order valence-electron chi connectivity index (χ2n) is 5.80. The highest BCUT2D eigenvalue weighted by Gasteiger charge is 2.28. The van der Waals surface area contributed by atoms with E-state index in [1.165, 1.54) is 28.8 Å². The molecule has 1 aromatic carbocycles. The minimum atomic E-state index is -3.62. The second-order valence-corrected chi connectivity index (χ2v) is 7.71. The van der Waals surface area contributed by atoms with Crippen LogP contribution >= 0.6 is 0 Å². The Balaban J connectivity index is 1.79. The van der Waals surface area contributed by atoms with Gasteiger partial charge in [0, 0.05) is 19.2 Å². The molecule has 1 N–H and O–H groups in total. The van der Waals surface area contributed by atoms with Gasteiger partial charge in [0.1, 0.15) is 10.7 Å². The molecule has 0 aliphatic carbocycles. The maximum atomic E-state index is 12.9. The molecule has 2 aromatic rings. The third kappa shape index (κ3) is 4.18. The molecule has 7 heteroatoms. The van der Waals surface area contributed by atoms with E-state index in [0.29, 0.717) is 18.8 Å². The van der Waals surface area contributed by atoms with Crippen molar-refractivity contribution < 1.29 is 17.6 Å². The molecule has 0 saturated carbocycles. The van der Waals surface area contributed by atoms with Crippen molar-refractivity contribution in [2.45, 2.75) is 24.2 Å². The molecule has 1 aromatic heterocycles. The van der Waals surface area contributed by atoms with Crippen LogP contribution in [-0.4, -0.2) is 31.7 Å². The third-order valence-electron chi connectivity index (χ3n) is 4.02. The lowest BCUT2D eigenvalue weighted by atomic mass is 10.2. The maximum Gasteiger partial charge on any atom is 0.248 e. The smallest absolute Gasteiger partial charge is 0.248 e. The zero-order valence-corrected chi connectivity index (χ0v) is 14.5. The molecular weight excluding hydrogens is 340 g/mol. The van der Waals surface area contributed by atoms with Gasteiger partial charge in [-0.15, -0.1) is 0 Å². The molecule has 0 radical (unpaired) electrons. The number of para-hydroxylation sites is 1. The Bertz CT molecular complexity index is 851. The Labute approximate surface area is 147 Å². The van der Waals surface area contributed by atoms with Crippen molar-refractivity contribution in [1.29, 1.82) is 0 Å². The average Bonchev–Trinajstić information content (AvgIpc) is 3.15. The van der Waals surface area contributed by atoms with Crippen LogP contribution in [0.4, 0.5) is 5.69 Å². The number of carbonyl (C=O) groups excluding carboxylic acids is 1. The first-order valence-electron chi connectivity index (χ1n) is 8.19. The topological polar surface area (TPSA) is 79.6 Å². The molecule has 6 nitrogen and oxygen atoms in total. The number of benzene rings is 1. The summed E-state index contributed by atoms with van der Waals surface area (Å²) in [6.07, 6.45) is 7.11. The van der Waals surface area contributed by atoms with E-state index in [4.69, 9.17) is 4.42 Å². The number of piperidine rings is 1. The molecule has 1 aliphatic heterocycles. The van der Waals surface area contributed by atoms with E-state index in [1.807, 2.05) is 0 Å². The lowest BCUT2D eigenvalue weighted by molar-refractivity contribution is -0.111. The van der Waals surface area contributed by atoms with Crippen LogP contribution in [0.15, 0.2) is 58.1 Å². The first-order valence-corrected chi connectivity index (χ1v) is 9.63. The standard InChI is InChI=1S/C18H20N2O4S/c21-18(11-10-15-7-6-14-24-15)19-16-8-2-3-9-17(16)25(22,23)20-12-4-1-5-13-20/h2-3,6-11,14H,1,4-5,12-13H2,(H,19,21)/b11-10+. The average molecular weight is 360 g/mol. The number of nitrogens with one attached hydrogen (secondary N) is 1. The summed E-state index contributed by atoms with van der Waals surface area (Å²) >= 11 is 0. The summed E-state index contributed by atoms with van der Waals surface area (Å²) in [6, 6.07) is 9.91. The Morgan fingerprint density at radius 2 is 1.84 bits per heavy atom. The predicted octanol–water partition coefficient (Wildman–Crippen LogP) is 3.11. The van der Waals surface area contributed by atoms with Crippen LogP contribution in [0.3, 0.4) is 0 Å². The molecule has 2 heterocycles. The molecular formula is C18H20N2O4S. The van der Waals surface area contributed by atoms with Gasteiger partial charge in [-0.2, -0.15) is 4.31 Å². The Morgan fingerprint density at radius 1 is 1.08 bits per heavy atom. The normalized spacial score (nSPS) is 16.2. The predicted molar refractivity (Wildman–Crippen MR) is 95.4 cm³/mol. The van der Waals surface area contributed by atoms with Crippen LogP contribution < -0.4 is 5.32 Å². The molecule has 3 rings (SSSR count). The fraction of sp³-hybridized carbons (Fsp3) is 0.278. The lowest BCUT2D eigenvalue weighted by Gasteiger charge is -2.26. The van der Waals surface area contributed by atoms with Gasteiger partial charge in [-0.3, -0.25) is 4.79 Å². The third-order valence-corrected chi connectivity index (χ3v) is 5.98. The van der Waals surface area contributed by atoms with Gasteiger partial charge in [-0.05, 0) is 43.2 Å². The number of furan rings is 1. The Kier molecular flexibility index (Phi) is 5.35. The SMILES string of the molecule is O=C(/C=C/c1ccco1)Nc1ccccc1S(=O)(=O)N1CCCCC1. The van der Waals surface area contributed by atoms with Gasteiger partial charge in [0.05, 0.1) is 12.0 Å². The molecule has 0 bridgehead atoms. The molecule has 0 unspecified atom stereocenters. The largest absolute Gasteiger partial charge is 0.465 e. The fourth-order valence-corrected chi connectivity index (χ4v) is 4.42. The van der Waals surface area contributed by atoms with Crippen LogP contribution in [0.2, 0.25) is 0 Å². The summed E-state index contributed by atoms with van der Waals surface area (Å²) in [5.41, 5.74) is 0.280.